The molecular weight excluding hydrogens is 470 g/mol. The van der Waals surface area contributed by atoms with Crippen LogP contribution in [0.1, 0.15) is 23.5 Å². The van der Waals surface area contributed by atoms with Gasteiger partial charge in [-0.2, -0.15) is 4.99 Å². The van der Waals surface area contributed by atoms with Crippen LogP contribution in [-0.4, -0.2) is 29.0 Å². The van der Waals surface area contributed by atoms with Crippen LogP contribution in [0, 0.1) is 0 Å². The zero-order valence-electron chi connectivity index (χ0n) is 17.2. The Balaban J connectivity index is 1.83. The molecule has 2 aromatic heterocycles. The van der Waals surface area contributed by atoms with Gasteiger partial charge in [-0.15, -0.1) is 11.3 Å². The number of carbonyl (C=O) groups excluding carboxylic acids is 3. The third-order valence-corrected chi connectivity index (χ3v) is 7.23. The lowest BCUT2D eigenvalue weighted by atomic mass is 10.2. The number of aromatic nitrogens is 1. The van der Waals surface area contributed by atoms with Gasteiger partial charge in [0.2, 0.25) is 5.91 Å². The van der Waals surface area contributed by atoms with E-state index in [0.29, 0.717) is 25.9 Å². The van der Waals surface area contributed by atoms with E-state index in [1.165, 1.54) is 29.6 Å². The van der Waals surface area contributed by atoms with Gasteiger partial charge < -0.3 is 14.6 Å². The number of benzene rings is 2. The number of nitrogens with zero attached hydrogens (tertiary/aromatic N) is 2. The molecule has 0 saturated heterocycles. The van der Waals surface area contributed by atoms with Crippen LogP contribution in [0.5, 0.6) is 0 Å². The van der Waals surface area contributed by atoms with Gasteiger partial charge in [0.05, 0.1) is 21.8 Å². The predicted octanol–water partition coefficient (Wildman–Crippen LogP) is 4.83. The van der Waals surface area contributed by atoms with E-state index in [0.717, 1.165) is 14.8 Å². The van der Waals surface area contributed by atoms with Crippen LogP contribution in [0.4, 0.5) is 5.69 Å². The van der Waals surface area contributed by atoms with Crippen molar-refractivity contribution >= 4 is 78.0 Å². The van der Waals surface area contributed by atoms with Gasteiger partial charge in [-0.25, -0.2) is 0 Å². The number of thiophene rings is 1. The highest BCUT2D eigenvalue weighted by Crippen LogP contribution is 2.35. The van der Waals surface area contributed by atoms with Crippen LogP contribution < -0.4 is 10.1 Å². The van der Waals surface area contributed by atoms with Crippen molar-refractivity contribution in [2.75, 3.05) is 11.9 Å². The van der Waals surface area contributed by atoms with Crippen molar-refractivity contribution in [1.29, 1.82) is 0 Å². The SMILES string of the molecule is CCOC(=O)Cn1c(=NC(=O)c2sc3ccccc3c2Cl)sc2cc(NC(C)=O)ccc21. The molecule has 164 valence electrons. The molecule has 0 aliphatic heterocycles. The number of anilines is 1. The molecule has 0 spiro atoms. The lowest BCUT2D eigenvalue weighted by molar-refractivity contribution is -0.143. The summed E-state index contributed by atoms with van der Waals surface area (Å²) in [5.74, 6) is -1.12. The average Bonchev–Trinajstić information content (AvgIpc) is 3.25. The number of hydrogen-bond donors (Lipinski definition) is 1. The van der Waals surface area contributed by atoms with E-state index in [9.17, 15) is 14.4 Å². The molecular formula is C22H18ClN3O4S2. The largest absolute Gasteiger partial charge is 0.465 e. The molecule has 0 fully saturated rings. The Labute approximate surface area is 195 Å². The fourth-order valence-corrected chi connectivity index (χ4v) is 5.68. The van der Waals surface area contributed by atoms with Crippen LogP contribution >= 0.6 is 34.3 Å². The van der Waals surface area contributed by atoms with Gasteiger partial charge in [0.25, 0.3) is 5.91 Å². The van der Waals surface area contributed by atoms with Crippen molar-refractivity contribution in [2.45, 2.75) is 20.4 Å². The minimum absolute atomic E-state index is 0.0976. The normalized spacial score (nSPS) is 11.8. The molecule has 0 atom stereocenters. The number of nitrogens with one attached hydrogen (secondary N) is 1. The lowest BCUT2D eigenvalue weighted by Gasteiger charge is -2.06. The Kier molecular flexibility index (Phi) is 6.40. The molecule has 2 amide bonds. The van der Waals surface area contributed by atoms with Gasteiger partial charge in [0.15, 0.2) is 4.80 Å². The van der Waals surface area contributed by atoms with Crippen LogP contribution in [-0.2, 0) is 20.9 Å². The number of esters is 1. The van der Waals surface area contributed by atoms with E-state index >= 15 is 0 Å². The molecule has 0 bridgehead atoms. The van der Waals surface area contributed by atoms with Crippen LogP contribution in [0.15, 0.2) is 47.5 Å². The summed E-state index contributed by atoms with van der Waals surface area (Å²) in [7, 11) is 0. The second kappa shape index (κ2) is 9.23. The molecule has 32 heavy (non-hydrogen) atoms. The first kappa shape index (κ1) is 22.2. The molecule has 0 saturated carbocycles. The summed E-state index contributed by atoms with van der Waals surface area (Å²) in [5, 5.41) is 3.89. The van der Waals surface area contributed by atoms with Crippen molar-refractivity contribution in [3.8, 4) is 0 Å². The minimum Gasteiger partial charge on any atom is -0.465 e. The summed E-state index contributed by atoms with van der Waals surface area (Å²) < 4.78 is 8.37. The zero-order valence-corrected chi connectivity index (χ0v) is 19.6. The molecule has 2 aromatic carbocycles. The predicted molar refractivity (Wildman–Crippen MR) is 127 cm³/mol. The Morgan fingerprint density at radius 1 is 1.12 bits per heavy atom. The lowest BCUT2D eigenvalue weighted by Crippen LogP contribution is -2.23. The first-order valence-corrected chi connectivity index (χ1v) is 11.7. The third-order valence-electron chi connectivity index (χ3n) is 4.52. The van der Waals surface area contributed by atoms with Crippen molar-refractivity contribution in [1.82, 2.24) is 4.57 Å². The highest BCUT2D eigenvalue weighted by Gasteiger charge is 2.18. The van der Waals surface area contributed by atoms with Gasteiger partial charge in [-0.3, -0.25) is 14.4 Å². The van der Waals surface area contributed by atoms with E-state index in [-0.39, 0.29) is 19.1 Å². The fourth-order valence-electron chi connectivity index (χ4n) is 3.22. The van der Waals surface area contributed by atoms with Gasteiger partial charge >= 0.3 is 5.97 Å². The molecule has 7 nitrogen and oxygen atoms in total. The number of hydrogen-bond acceptors (Lipinski definition) is 6. The van der Waals surface area contributed by atoms with Crippen molar-refractivity contribution in [3.63, 3.8) is 0 Å². The smallest absolute Gasteiger partial charge is 0.326 e. The summed E-state index contributed by atoms with van der Waals surface area (Å²) in [6.45, 7) is 3.30. The van der Waals surface area contributed by atoms with E-state index < -0.39 is 11.9 Å². The summed E-state index contributed by atoms with van der Waals surface area (Å²) in [6, 6.07) is 12.8. The van der Waals surface area contributed by atoms with E-state index in [2.05, 4.69) is 10.3 Å². The summed E-state index contributed by atoms with van der Waals surface area (Å²) in [6.07, 6.45) is 0. The molecule has 0 radical (unpaired) electrons. The molecule has 10 heteroatoms. The standard InChI is InChI=1S/C22H18ClN3O4S2/c1-3-30-18(28)11-26-15-9-8-13(24-12(2)27)10-17(15)32-22(26)25-21(29)20-19(23)14-6-4-5-7-16(14)31-20/h4-10H,3,11H2,1-2H3,(H,24,27). The molecule has 4 aromatic rings. The highest BCUT2D eigenvalue weighted by atomic mass is 35.5. The number of halogens is 1. The van der Waals surface area contributed by atoms with E-state index in [1.54, 1.807) is 29.7 Å². The molecule has 0 aliphatic carbocycles. The van der Waals surface area contributed by atoms with Crippen molar-refractivity contribution < 1.29 is 19.1 Å². The number of thiazole rings is 1. The number of carbonyl (C=O) groups is 3. The minimum atomic E-state index is -0.484. The molecule has 4 rings (SSSR count). The maximum absolute atomic E-state index is 13.0. The Bertz CT molecular complexity index is 1430. The Hall–Kier alpha value is -3.01. The first-order chi connectivity index (χ1) is 15.4. The maximum Gasteiger partial charge on any atom is 0.326 e. The summed E-state index contributed by atoms with van der Waals surface area (Å²) in [4.78, 5) is 41.6. The van der Waals surface area contributed by atoms with Crippen molar-refractivity contribution in [3.05, 3.63) is 57.2 Å². The third kappa shape index (κ3) is 4.45. The van der Waals surface area contributed by atoms with E-state index in [1.807, 2.05) is 24.3 Å². The quantitative estimate of drug-likeness (QED) is 0.408. The van der Waals surface area contributed by atoms with Crippen LogP contribution in [0.2, 0.25) is 5.02 Å². The number of fused-ring (bicyclic) bond motifs is 2. The molecule has 0 aliphatic rings. The molecule has 1 N–H and O–H groups in total. The summed E-state index contributed by atoms with van der Waals surface area (Å²) >= 11 is 8.96. The number of amides is 2. The maximum atomic E-state index is 13.0. The fraction of sp³-hybridized carbons (Fsp3) is 0.182. The van der Waals surface area contributed by atoms with Gasteiger partial charge in [0, 0.05) is 22.7 Å². The Morgan fingerprint density at radius 3 is 2.62 bits per heavy atom. The van der Waals surface area contributed by atoms with Gasteiger partial charge in [-0.1, -0.05) is 41.1 Å². The second-order valence-electron chi connectivity index (χ2n) is 6.80. The van der Waals surface area contributed by atoms with Gasteiger partial charge in [-0.05, 0) is 31.2 Å². The van der Waals surface area contributed by atoms with Crippen LogP contribution in [0.25, 0.3) is 20.3 Å². The average molecular weight is 488 g/mol. The molecule has 0 unspecified atom stereocenters. The number of rotatable bonds is 5. The second-order valence-corrected chi connectivity index (χ2v) is 9.24. The first-order valence-electron chi connectivity index (χ1n) is 9.70. The van der Waals surface area contributed by atoms with Crippen molar-refractivity contribution in [2.24, 2.45) is 4.99 Å². The zero-order chi connectivity index (χ0) is 22.8. The number of ether oxygens (including phenoxy) is 1. The Morgan fingerprint density at radius 2 is 1.91 bits per heavy atom. The van der Waals surface area contributed by atoms with E-state index in [4.69, 9.17) is 16.3 Å². The summed E-state index contributed by atoms with van der Waals surface area (Å²) in [5.41, 5.74) is 1.31. The van der Waals surface area contributed by atoms with Gasteiger partial charge in [0.1, 0.15) is 11.4 Å². The van der Waals surface area contributed by atoms with Crippen LogP contribution in [0.3, 0.4) is 0 Å². The highest BCUT2D eigenvalue weighted by molar-refractivity contribution is 7.21. The monoisotopic (exact) mass is 487 g/mol. The molecule has 2 heterocycles. The topological polar surface area (TPSA) is 89.8 Å².